The maximum absolute atomic E-state index is 12.1. The first-order chi connectivity index (χ1) is 19.4. The molecule has 3 aliphatic heterocycles. The van der Waals surface area contributed by atoms with E-state index in [-0.39, 0.29) is 68.5 Å². The zero-order valence-electron chi connectivity index (χ0n) is 25.9. The summed E-state index contributed by atoms with van der Waals surface area (Å²) in [5.41, 5.74) is -1.93. The SMILES string of the molecule is COCOC[C@@]1(C)O[C@H]2CC[C@@](C)(O)[C@H](C[C@H](C[C@H]3C[C@H](C)[C@H]([C@H](C)CC=O)O3)OC(C)=O)O[C@@H]2C[C@@H]1OCOC. The van der Waals surface area contributed by atoms with Gasteiger partial charge in [-0.2, -0.15) is 0 Å². The molecule has 238 valence electrons. The lowest BCUT2D eigenvalue weighted by Crippen LogP contribution is -2.59. The molecule has 0 bridgehead atoms. The van der Waals surface area contributed by atoms with Crippen LogP contribution in [-0.2, 0) is 47.5 Å². The Balaban J connectivity index is 1.73. The van der Waals surface area contributed by atoms with Crippen molar-refractivity contribution in [3.8, 4) is 0 Å². The van der Waals surface area contributed by atoms with Gasteiger partial charge in [0.25, 0.3) is 0 Å². The third kappa shape index (κ3) is 9.40. The van der Waals surface area contributed by atoms with Gasteiger partial charge >= 0.3 is 5.97 Å². The Morgan fingerprint density at radius 1 is 1.10 bits per heavy atom. The minimum atomic E-state index is -1.17. The molecule has 3 heterocycles. The Morgan fingerprint density at radius 2 is 1.83 bits per heavy atom. The topological polar surface area (TPSA) is 128 Å². The summed E-state index contributed by atoms with van der Waals surface area (Å²) in [6.07, 6.45) is 2.30. The Morgan fingerprint density at radius 3 is 2.49 bits per heavy atom. The molecule has 0 saturated carbocycles. The van der Waals surface area contributed by atoms with E-state index in [0.29, 0.717) is 38.5 Å². The van der Waals surface area contributed by atoms with E-state index in [2.05, 4.69) is 6.92 Å². The van der Waals surface area contributed by atoms with E-state index in [9.17, 15) is 14.7 Å². The van der Waals surface area contributed by atoms with Gasteiger partial charge in [0, 0.05) is 46.8 Å². The minimum Gasteiger partial charge on any atom is -0.462 e. The molecule has 0 radical (unpaired) electrons. The van der Waals surface area contributed by atoms with E-state index < -0.39 is 23.4 Å². The molecule has 0 spiro atoms. The van der Waals surface area contributed by atoms with E-state index in [0.717, 1.165) is 12.7 Å². The monoisotopic (exact) mass is 588 g/mol. The van der Waals surface area contributed by atoms with E-state index in [1.807, 2.05) is 13.8 Å². The lowest BCUT2D eigenvalue weighted by molar-refractivity contribution is -0.277. The quantitative estimate of drug-likeness (QED) is 0.131. The number of rotatable bonds is 15. The average Bonchev–Trinajstić information content (AvgIpc) is 3.21. The fourth-order valence-corrected chi connectivity index (χ4v) is 6.66. The lowest BCUT2D eigenvalue weighted by atomic mass is 9.86. The third-order valence-corrected chi connectivity index (χ3v) is 8.82. The Hall–Kier alpha value is -1.18. The van der Waals surface area contributed by atoms with Crippen LogP contribution in [0.4, 0.5) is 0 Å². The van der Waals surface area contributed by atoms with Crippen LogP contribution in [0.3, 0.4) is 0 Å². The van der Waals surface area contributed by atoms with Gasteiger partial charge in [-0.05, 0) is 44.9 Å². The van der Waals surface area contributed by atoms with Gasteiger partial charge < -0.3 is 47.8 Å². The first-order valence-corrected chi connectivity index (χ1v) is 14.9. The number of aldehydes is 1. The van der Waals surface area contributed by atoms with Gasteiger partial charge in [-0.15, -0.1) is 0 Å². The van der Waals surface area contributed by atoms with Crippen molar-refractivity contribution in [2.75, 3.05) is 34.4 Å². The molecule has 0 amide bonds. The first kappa shape index (κ1) is 34.3. The summed E-state index contributed by atoms with van der Waals surface area (Å²) in [7, 11) is 3.13. The highest BCUT2D eigenvalue weighted by Crippen LogP contribution is 2.42. The van der Waals surface area contributed by atoms with Crippen molar-refractivity contribution >= 4 is 12.3 Å². The molecule has 0 aromatic heterocycles. The second-order valence-corrected chi connectivity index (χ2v) is 12.6. The van der Waals surface area contributed by atoms with Gasteiger partial charge in [-0.1, -0.05) is 13.8 Å². The van der Waals surface area contributed by atoms with Gasteiger partial charge in [0.1, 0.15) is 31.6 Å². The highest BCUT2D eigenvalue weighted by Gasteiger charge is 2.52. The maximum Gasteiger partial charge on any atom is 0.302 e. The predicted molar refractivity (Wildman–Crippen MR) is 148 cm³/mol. The van der Waals surface area contributed by atoms with E-state index in [1.54, 1.807) is 21.1 Å². The van der Waals surface area contributed by atoms with Gasteiger partial charge in [0.2, 0.25) is 0 Å². The largest absolute Gasteiger partial charge is 0.462 e. The van der Waals surface area contributed by atoms with Crippen molar-refractivity contribution < 1.29 is 52.6 Å². The lowest BCUT2D eigenvalue weighted by Gasteiger charge is -2.47. The fraction of sp³-hybridized carbons (Fsp3) is 0.933. The summed E-state index contributed by atoms with van der Waals surface area (Å²) in [4.78, 5) is 23.1. The zero-order valence-corrected chi connectivity index (χ0v) is 25.9. The molecule has 0 aromatic carbocycles. The van der Waals surface area contributed by atoms with Crippen LogP contribution < -0.4 is 0 Å². The van der Waals surface area contributed by atoms with Crippen LogP contribution in [0.5, 0.6) is 0 Å². The molecule has 11 nitrogen and oxygen atoms in total. The fourth-order valence-electron chi connectivity index (χ4n) is 6.66. The second-order valence-electron chi connectivity index (χ2n) is 12.6. The highest BCUT2D eigenvalue weighted by molar-refractivity contribution is 5.66. The van der Waals surface area contributed by atoms with Crippen LogP contribution in [0.1, 0.15) is 79.6 Å². The van der Waals surface area contributed by atoms with E-state index >= 15 is 0 Å². The Bertz CT molecular complexity index is 822. The molecule has 0 unspecified atom stereocenters. The number of fused-ring (bicyclic) bond motifs is 1. The molecule has 3 saturated heterocycles. The van der Waals surface area contributed by atoms with Crippen molar-refractivity contribution in [2.45, 2.75) is 133 Å². The molecule has 0 aliphatic carbocycles. The van der Waals surface area contributed by atoms with Crippen molar-refractivity contribution in [1.29, 1.82) is 0 Å². The summed E-state index contributed by atoms with van der Waals surface area (Å²) in [5.74, 6) is 0.0168. The standard InChI is InChI=1S/C30H52O11/c1-19(9-11-31)28-20(2)12-22(39-28)13-23(38-21(3)32)14-26-29(4,33)10-8-24-25(40-26)15-27(37-18-35-7)30(5,41-24)16-36-17-34-6/h11,19-20,22-28,33H,8-10,12-18H2,1-7H3/t19-,20+,22-,23+,24+,25-,26+,27+,28+,29-,30-/m1/s1. The number of hydrogen-bond acceptors (Lipinski definition) is 11. The number of ether oxygens (including phenoxy) is 8. The van der Waals surface area contributed by atoms with Crippen LogP contribution in [0.2, 0.25) is 0 Å². The Kier molecular flexibility index (Phi) is 13.0. The molecule has 11 heteroatoms. The zero-order chi connectivity index (χ0) is 30.2. The van der Waals surface area contributed by atoms with Crippen LogP contribution in [0.25, 0.3) is 0 Å². The van der Waals surface area contributed by atoms with Crippen LogP contribution in [0.15, 0.2) is 0 Å². The average molecular weight is 589 g/mol. The summed E-state index contributed by atoms with van der Waals surface area (Å²) in [5, 5.41) is 11.6. The van der Waals surface area contributed by atoms with Crippen LogP contribution in [-0.4, -0.2) is 106 Å². The molecule has 3 fully saturated rings. The summed E-state index contributed by atoms with van der Waals surface area (Å²) in [6, 6.07) is 0. The van der Waals surface area contributed by atoms with Crippen molar-refractivity contribution in [3.05, 3.63) is 0 Å². The van der Waals surface area contributed by atoms with E-state index in [4.69, 9.17) is 37.9 Å². The van der Waals surface area contributed by atoms with Gasteiger partial charge in [-0.25, -0.2) is 0 Å². The number of carbonyl (C=O) groups excluding carboxylic acids is 2. The van der Waals surface area contributed by atoms with Gasteiger partial charge in [0.05, 0.1) is 48.8 Å². The molecular weight excluding hydrogens is 536 g/mol. The maximum atomic E-state index is 12.1. The van der Waals surface area contributed by atoms with E-state index in [1.165, 1.54) is 6.92 Å². The molecule has 41 heavy (non-hydrogen) atoms. The predicted octanol–water partition coefficient (Wildman–Crippen LogP) is 3.17. The number of methoxy groups -OCH3 is 2. The molecule has 3 aliphatic rings. The number of esters is 1. The molecule has 0 aromatic rings. The number of hydrogen-bond donors (Lipinski definition) is 1. The molecule has 1 N–H and O–H groups in total. The van der Waals surface area contributed by atoms with Crippen molar-refractivity contribution in [1.82, 2.24) is 0 Å². The minimum absolute atomic E-state index is 0.0215. The molecule has 3 rings (SSSR count). The normalized spacial score (nSPS) is 39.0. The first-order valence-electron chi connectivity index (χ1n) is 14.9. The van der Waals surface area contributed by atoms with Crippen LogP contribution >= 0.6 is 0 Å². The summed E-state index contributed by atoms with van der Waals surface area (Å²) < 4.78 is 47.2. The summed E-state index contributed by atoms with van der Waals surface area (Å²) >= 11 is 0. The number of aliphatic hydroxyl groups is 1. The molecular formula is C30H52O11. The highest BCUT2D eigenvalue weighted by atomic mass is 16.7. The smallest absolute Gasteiger partial charge is 0.302 e. The second kappa shape index (κ2) is 15.5. The van der Waals surface area contributed by atoms with Crippen molar-refractivity contribution in [3.63, 3.8) is 0 Å². The Labute approximate surface area is 244 Å². The van der Waals surface area contributed by atoms with Gasteiger partial charge in [-0.3, -0.25) is 4.79 Å². The van der Waals surface area contributed by atoms with Crippen molar-refractivity contribution in [2.24, 2.45) is 11.8 Å². The summed E-state index contributed by atoms with van der Waals surface area (Å²) in [6.45, 7) is 9.75. The number of carbonyl (C=O) groups is 2. The van der Waals surface area contributed by atoms with Gasteiger partial charge in [0.15, 0.2) is 0 Å². The van der Waals surface area contributed by atoms with Crippen LogP contribution in [0, 0.1) is 11.8 Å². The third-order valence-electron chi connectivity index (χ3n) is 8.82. The molecule has 11 atom stereocenters.